The number of esters is 1. The molecule has 0 atom stereocenters. The van der Waals surface area contributed by atoms with Crippen molar-refractivity contribution in [1.29, 1.82) is 0 Å². The van der Waals surface area contributed by atoms with Gasteiger partial charge in [-0.2, -0.15) is 0 Å². The fourth-order valence-electron chi connectivity index (χ4n) is 5.48. The molecule has 0 aromatic heterocycles. The Hall–Kier alpha value is -2.75. The molecule has 0 unspecified atom stereocenters. The van der Waals surface area contributed by atoms with Gasteiger partial charge in [-0.25, -0.2) is 4.79 Å². The van der Waals surface area contributed by atoms with Crippen LogP contribution < -0.4 is 0 Å². The van der Waals surface area contributed by atoms with Crippen LogP contribution in [0.1, 0.15) is 165 Å². The molecular weight excluding hydrogens is 484 g/mol. The third-order valence-electron chi connectivity index (χ3n) is 7.89. The highest BCUT2D eigenvalue weighted by Crippen LogP contribution is 2.28. The predicted molar refractivity (Wildman–Crippen MR) is 159 cm³/mol. The Balaban J connectivity index is 1.18. The Bertz CT molecular complexity index is 1050. The minimum absolute atomic E-state index is 0.182. The minimum atomic E-state index is -0.441. The number of benzene rings is 2. The van der Waals surface area contributed by atoms with Gasteiger partial charge in [0.1, 0.15) is 0 Å². The number of ether oxygens (including phenoxy) is 1. The molecule has 212 valence electrons. The lowest BCUT2D eigenvalue weighted by Gasteiger charge is -2.17. The number of ketones is 2. The van der Waals surface area contributed by atoms with Crippen molar-refractivity contribution < 1.29 is 19.1 Å². The van der Waals surface area contributed by atoms with Gasteiger partial charge in [-0.15, -0.1) is 0 Å². The van der Waals surface area contributed by atoms with Crippen LogP contribution >= 0.6 is 0 Å². The third-order valence-corrected chi connectivity index (χ3v) is 7.89. The highest BCUT2D eigenvalue weighted by molar-refractivity contribution is 6.28. The zero-order valence-corrected chi connectivity index (χ0v) is 24.1. The van der Waals surface area contributed by atoms with E-state index in [9.17, 15) is 14.4 Å². The van der Waals surface area contributed by atoms with Crippen molar-refractivity contribution in [2.75, 3.05) is 6.61 Å². The molecule has 4 heteroatoms. The minimum Gasteiger partial charge on any atom is -0.462 e. The van der Waals surface area contributed by atoms with Crippen LogP contribution in [0, 0.1) is 0 Å². The maximum atomic E-state index is 12.9. The fourth-order valence-corrected chi connectivity index (χ4v) is 5.48. The number of hydrogen-bond donors (Lipinski definition) is 0. The summed E-state index contributed by atoms with van der Waals surface area (Å²) in [6, 6.07) is 11.5. The number of rotatable bonds is 20. The summed E-state index contributed by atoms with van der Waals surface area (Å²) in [6.07, 6.45) is 23.7. The van der Waals surface area contributed by atoms with E-state index in [1.807, 2.05) is 0 Å². The molecule has 2 aromatic rings. The average Bonchev–Trinajstić information content (AvgIpc) is 2.96. The first-order valence-electron chi connectivity index (χ1n) is 15.6. The van der Waals surface area contributed by atoms with Crippen molar-refractivity contribution >= 4 is 17.5 Å². The van der Waals surface area contributed by atoms with E-state index in [2.05, 4.69) is 6.92 Å². The second-order valence-electron chi connectivity index (χ2n) is 11.1. The Kier molecular flexibility index (Phi) is 14.0. The van der Waals surface area contributed by atoms with Gasteiger partial charge in [-0.1, -0.05) is 140 Å². The molecule has 0 saturated heterocycles. The van der Waals surface area contributed by atoms with E-state index in [0.717, 1.165) is 12.8 Å². The molecule has 2 aromatic carbocycles. The van der Waals surface area contributed by atoms with Gasteiger partial charge < -0.3 is 4.74 Å². The van der Waals surface area contributed by atoms with Crippen molar-refractivity contribution in [2.45, 2.75) is 122 Å². The summed E-state index contributed by atoms with van der Waals surface area (Å²) in [5.74, 6) is -0.846. The topological polar surface area (TPSA) is 60.4 Å². The van der Waals surface area contributed by atoms with Crippen molar-refractivity contribution in [3.63, 3.8) is 0 Å². The summed E-state index contributed by atoms with van der Waals surface area (Å²) < 4.78 is 5.44. The maximum Gasteiger partial charge on any atom is 0.338 e. The number of carbonyl (C=O) groups excluding carboxylic acids is 3. The van der Waals surface area contributed by atoms with Gasteiger partial charge in [0.25, 0.3) is 0 Å². The Morgan fingerprint density at radius 2 is 0.949 bits per heavy atom. The van der Waals surface area contributed by atoms with Gasteiger partial charge in [-0.05, 0) is 24.6 Å². The van der Waals surface area contributed by atoms with Crippen molar-refractivity contribution in [2.24, 2.45) is 0 Å². The normalized spacial score (nSPS) is 12.3. The van der Waals surface area contributed by atoms with E-state index in [1.54, 1.807) is 36.4 Å². The van der Waals surface area contributed by atoms with Gasteiger partial charge in [0.15, 0.2) is 11.6 Å². The standard InChI is InChI=1S/C35H48O4/c1-2-3-4-5-6-7-8-9-10-11-12-13-14-15-16-17-18-21-26-39-35(38)28-24-25-31-32(27-28)34(37)30-23-20-19-22-29(30)33(31)36/h19-20,22-25,27H,2-18,21,26H2,1H3. The highest BCUT2D eigenvalue weighted by Gasteiger charge is 2.30. The van der Waals surface area contributed by atoms with Gasteiger partial charge in [0, 0.05) is 22.3 Å². The van der Waals surface area contributed by atoms with Crippen molar-refractivity contribution in [1.82, 2.24) is 0 Å². The zero-order valence-electron chi connectivity index (χ0n) is 24.1. The second kappa shape index (κ2) is 17.8. The molecule has 0 bridgehead atoms. The Morgan fingerprint density at radius 1 is 0.538 bits per heavy atom. The van der Waals surface area contributed by atoms with Gasteiger partial charge in [-0.3, -0.25) is 9.59 Å². The van der Waals surface area contributed by atoms with Gasteiger partial charge in [0.05, 0.1) is 12.2 Å². The molecule has 0 aliphatic heterocycles. The molecule has 0 amide bonds. The monoisotopic (exact) mass is 532 g/mol. The van der Waals surface area contributed by atoms with Crippen LogP contribution in [-0.2, 0) is 4.74 Å². The van der Waals surface area contributed by atoms with E-state index in [-0.39, 0.29) is 17.1 Å². The lowest BCUT2D eigenvalue weighted by Crippen LogP contribution is -2.21. The molecule has 0 fully saturated rings. The van der Waals surface area contributed by atoms with E-state index in [1.165, 1.54) is 109 Å². The van der Waals surface area contributed by atoms with Gasteiger partial charge >= 0.3 is 5.97 Å². The third kappa shape index (κ3) is 10.1. The van der Waals surface area contributed by atoms with Crippen LogP contribution in [0.15, 0.2) is 42.5 Å². The zero-order chi connectivity index (χ0) is 27.7. The number of carbonyl (C=O) groups is 3. The smallest absolute Gasteiger partial charge is 0.338 e. The molecule has 0 N–H and O–H groups in total. The first-order chi connectivity index (χ1) is 19.1. The quantitative estimate of drug-likeness (QED) is 0.107. The summed E-state index contributed by atoms with van der Waals surface area (Å²) in [7, 11) is 0. The summed E-state index contributed by atoms with van der Waals surface area (Å²) >= 11 is 0. The first-order valence-corrected chi connectivity index (χ1v) is 15.6. The predicted octanol–water partition coefficient (Wildman–Crippen LogP) is 9.66. The number of unbranched alkanes of at least 4 members (excludes halogenated alkanes) is 17. The Labute approximate surface area is 235 Å². The lowest BCUT2D eigenvalue weighted by molar-refractivity contribution is 0.0497. The van der Waals surface area contributed by atoms with Crippen LogP contribution in [0.25, 0.3) is 0 Å². The van der Waals surface area contributed by atoms with E-state index in [4.69, 9.17) is 4.74 Å². The van der Waals surface area contributed by atoms with E-state index >= 15 is 0 Å². The maximum absolute atomic E-state index is 12.9. The fraction of sp³-hybridized carbons (Fsp3) is 0.571. The first kappa shape index (κ1) is 30.8. The Morgan fingerprint density at radius 3 is 1.44 bits per heavy atom. The van der Waals surface area contributed by atoms with E-state index in [0.29, 0.717) is 28.9 Å². The summed E-state index contributed by atoms with van der Waals surface area (Å²) in [5.41, 5.74) is 1.75. The van der Waals surface area contributed by atoms with E-state index < -0.39 is 5.97 Å². The summed E-state index contributed by atoms with van der Waals surface area (Å²) in [4.78, 5) is 38.1. The van der Waals surface area contributed by atoms with Crippen LogP contribution in [0.2, 0.25) is 0 Å². The average molecular weight is 533 g/mol. The lowest BCUT2D eigenvalue weighted by atomic mass is 9.83. The van der Waals surface area contributed by atoms with Gasteiger partial charge in [0.2, 0.25) is 0 Å². The molecule has 0 heterocycles. The molecule has 1 aliphatic carbocycles. The van der Waals surface area contributed by atoms with Crippen LogP contribution in [-0.4, -0.2) is 24.1 Å². The van der Waals surface area contributed by atoms with Crippen molar-refractivity contribution in [3.05, 3.63) is 70.3 Å². The van der Waals surface area contributed by atoms with Crippen LogP contribution in [0.3, 0.4) is 0 Å². The molecule has 0 radical (unpaired) electrons. The van der Waals surface area contributed by atoms with Crippen LogP contribution in [0.4, 0.5) is 0 Å². The van der Waals surface area contributed by atoms with Crippen molar-refractivity contribution in [3.8, 4) is 0 Å². The SMILES string of the molecule is CCCCCCCCCCCCCCCCCCCCOC(=O)c1ccc2c(c1)C(=O)c1ccccc1C2=O. The number of fused-ring (bicyclic) bond motifs is 2. The molecule has 4 nitrogen and oxygen atoms in total. The molecular formula is C35H48O4. The summed E-state index contributed by atoms with van der Waals surface area (Å²) in [5, 5.41) is 0. The second-order valence-corrected chi connectivity index (χ2v) is 11.1. The largest absolute Gasteiger partial charge is 0.462 e. The molecule has 0 spiro atoms. The molecule has 39 heavy (non-hydrogen) atoms. The summed E-state index contributed by atoms with van der Waals surface area (Å²) in [6.45, 7) is 2.66. The highest BCUT2D eigenvalue weighted by atomic mass is 16.5. The molecule has 0 saturated carbocycles. The molecule has 1 aliphatic rings. The van der Waals surface area contributed by atoms with Crippen LogP contribution in [0.5, 0.6) is 0 Å². The number of hydrogen-bond acceptors (Lipinski definition) is 4. The molecule has 3 rings (SSSR count).